The van der Waals surface area contributed by atoms with Gasteiger partial charge in [-0.3, -0.25) is 4.79 Å². The molecule has 8 heteroatoms. The molecule has 0 N–H and O–H groups in total. The van der Waals surface area contributed by atoms with E-state index in [1.54, 1.807) is 24.0 Å². The van der Waals surface area contributed by atoms with Crippen molar-refractivity contribution in [2.45, 2.75) is 25.7 Å². The minimum Gasteiger partial charge on any atom is -0.451 e. The minimum atomic E-state index is -0.376. The molecule has 1 aliphatic heterocycles. The zero-order valence-electron chi connectivity index (χ0n) is 16.8. The maximum Gasteiger partial charge on any atom is 0.289 e. The lowest BCUT2D eigenvalue weighted by atomic mass is 9.97. The molecule has 6 nitrogen and oxygen atoms in total. The molecule has 2 aromatic carbocycles. The molecule has 1 aliphatic rings. The quantitative estimate of drug-likeness (QED) is 0.459. The summed E-state index contributed by atoms with van der Waals surface area (Å²) in [6.07, 6.45) is 1.56. The maximum absolute atomic E-state index is 13.6. The van der Waals surface area contributed by atoms with Crippen LogP contribution in [0.2, 0.25) is 0 Å². The second-order valence-corrected chi connectivity index (χ2v) is 7.75. The van der Waals surface area contributed by atoms with Crippen molar-refractivity contribution in [1.29, 1.82) is 0 Å². The molecule has 0 bridgehead atoms. The van der Waals surface area contributed by atoms with Gasteiger partial charge in [-0.25, -0.2) is 8.78 Å². The monoisotopic (exact) mass is 423 g/mol. The number of fused-ring (bicyclic) bond motifs is 1. The number of likely N-dealkylation sites (tertiary alicyclic amines) is 1. The third kappa shape index (κ3) is 3.58. The molecule has 3 heterocycles. The van der Waals surface area contributed by atoms with Gasteiger partial charge in [-0.1, -0.05) is 17.3 Å². The van der Waals surface area contributed by atoms with Crippen molar-refractivity contribution in [2.24, 2.45) is 0 Å². The first-order valence-corrected chi connectivity index (χ1v) is 10.1. The standard InChI is InChI=1S/C23H19F2N3O3/c1-13-18-11-17(25)7-8-19(18)30-20(13)23(29)28-9-3-5-15(12-28)22-26-21(27-31-22)14-4-2-6-16(24)10-14/h2,4,6-8,10-11,15H,3,5,9,12H2,1H3. The van der Waals surface area contributed by atoms with E-state index in [9.17, 15) is 13.6 Å². The molecule has 0 spiro atoms. The van der Waals surface area contributed by atoms with Crippen molar-refractivity contribution in [2.75, 3.05) is 13.1 Å². The topological polar surface area (TPSA) is 72.4 Å². The summed E-state index contributed by atoms with van der Waals surface area (Å²) in [5.74, 6) is -0.183. The molecule has 1 amide bonds. The number of aryl methyl sites for hydroxylation is 1. The number of benzene rings is 2. The summed E-state index contributed by atoms with van der Waals surface area (Å²) in [5, 5.41) is 4.56. The Bertz CT molecular complexity index is 1280. The number of furan rings is 1. The van der Waals surface area contributed by atoms with Gasteiger partial charge in [-0.05, 0) is 50.1 Å². The van der Waals surface area contributed by atoms with Crippen LogP contribution in [0.25, 0.3) is 22.4 Å². The number of nitrogens with zero attached hydrogens (tertiary/aromatic N) is 3. The van der Waals surface area contributed by atoms with Crippen LogP contribution < -0.4 is 0 Å². The van der Waals surface area contributed by atoms with Crippen LogP contribution in [0.1, 0.15) is 40.8 Å². The Hall–Kier alpha value is -3.55. The van der Waals surface area contributed by atoms with E-state index in [0.29, 0.717) is 46.9 Å². The SMILES string of the molecule is Cc1c(C(=O)N2CCCC(c3nc(-c4cccc(F)c4)no3)C2)oc2ccc(F)cc12. The van der Waals surface area contributed by atoms with Crippen LogP contribution in [0.3, 0.4) is 0 Å². The van der Waals surface area contributed by atoms with Crippen LogP contribution >= 0.6 is 0 Å². The molecule has 0 saturated carbocycles. The summed E-state index contributed by atoms with van der Waals surface area (Å²) in [7, 11) is 0. The Morgan fingerprint density at radius 3 is 2.84 bits per heavy atom. The molecule has 0 radical (unpaired) electrons. The summed E-state index contributed by atoms with van der Waals surface area (Å²) < 4.78 is 38.2. The zero-order chi connectivity index (χ0) is 21.5. The fourth-order valence-electron chi connectivity index (χ4n) is 4.05. The Morgan fingerprint density at radius 1 is 1.16 bits per heavy atom. The fraction of sp³-hybridized carbons (Fsp3) is 0.261. The number of rotatable bonds is 3. The average Bonchev–Trinajstić information content (AvgIpc) is 3.39. The van der Waals surface area contributed by atoms with Gasteiger partial charge in [0.1, 0.15) is 17.2 Å². The van der Waals surface area contributed by atoms with Gasteiger partial charge in [-0.15, -0.1) is 0 Å². The minimum absolute atomic E-state index is 0.130. The van der Waals surface area contributed by atoms with Gasteiger partial charge < -0.3 is 13.8 Å². The third-order valence-corrected chi connectivity index (χ3v) is 5.67. The van der Waals surface area contributed by atoms with Crippen LogP contribution in [0.5, 0.6) is 0 Å². The lowest BCUT2D eigenvalue weighted by Crippen LogP contribution is -2.39. The highest BCUT2D eigenvalue weighted by atomic mass is 19.1. The van der Waals surface area contributed by atoms with E-state index in [1.165, 1.54) is 30.3 Å². The van der Waals surface area contributed by atoms with Gasteiger partial charge in [-0.2, -0.15) is 4.98 Å². The fourth-order valence-corrected chi connectivity index (χ4v) is 4.05. The number of piperidine rings is 1. The number of aromatic nitrogens is 2. The van der Waals surface area contributed by atoms with Crippen LogP contribution in [-0.2, 0) is 0 Å². The van der Waals surface area contributed by atoms with Gasteiger partial charge in [0.15, 0.2) is 5.76 Å². The largest absolute Gasteiger partial charge is 0.451 e. The van der Waals surface area contributed by atoms with Crippen LogP contribution in [0.15, 0.2) is 51.4 Å². The molecule has 1 saturated heterocycles. The van der Waals surface area contributed by atoms with Crippen molar-refractivity contribution in [1.82, 2.24) is 15.0 Å². The number of hydrogen-bond donors (Lipinski definition) is 0. The number of carbonyl (C=O) groups excluding carboxylic acids is 1. The predicted octanol–water partition coefficient (Wildman–Crippen LogP) is 5.09. The van der Waals surface area contributed by atoms with E-state index in [2.05, 4.69) is 10.1 Å². The van der Waals surface area contributed by atoms with Crippen molar-refractivity contribution in [3.8, 4) is 11.4 Å². The Balaban J connectivity index is 1.37. The molecular weight excluding hydrogens is 404 g/mol. The summed E-state index contributed by atoms with van der Waals surface area (Å²) in [6, 6.07) is 10.2. The van der Waals surface area contributed by atoms with Gasteiger partial charge in [0, 0.05) is 29.6 Å². The second kappa shape index (κ2) is 7.61. The first-order valence-electron chi connectivity index (χ1n) is 10.1. The second-order valence-electron chi connectivity index (χ2n) is 7.75. The number of carbonyl (C=O) groups is 1. The van der Waals surface area contributed by atoms with Crippen molar-refractivity contribution in [3.05, 3.63) is 71.3 Å². The molecule has 1 atom stereocenters. The molecule has 158 valence electrons. The van der Waals surface area contributed by atoms with Crippen LogP contribution in [0, 0.1) is 18.6 Å². The highest BCUT2D eigenvalue weighted by molar-refractivity contribution is 5.99. The van der Waals surface area contributed by atoms with Crippen LogP contribution in [0.4, 0.5) is 8.78 Å². The van der Waals surface area contributed by atoms with Crippen LogP contribution in [-0.4, -0.2) is 34.0 Å². The summed E-state index contributed by atoms with van der Waals surface area (Å²) in [6.45, 7) is 2.72. The van der Waals surface area contributed by atoms with Crippen molar-refractivity contribution < 1.29 is 22.5 Å². The van der Waals surface area contributed by atoms with Crippen molar-refractivity contribution >= 4 is 16.9 Å². The van der Waals surface area contributed by atoms with Gasteiger partial charge in [0.05, 0.1) is 5.92 Å². The molecule has 4 aromatic rings. The Kier molecular flexibility index (Phi) is 4.77. The highest BCUT2D eigenvalue weighted by Crippen LogP contribution is 2.31. The molecule has 1 unspecified atom stereocenters. The molecule has 31 heavy (non-hydrogen) atoms. The lowest BCUT2D eigenvalue weighted by molar-refractivity contribution is 0.0665. The third-order valence-electron chi connectivity index (χ3n) is 5.67. The van der Waals surface area contributed by atoms with E-state index < -0.39 is 0 Å². The molecule has 2 aromatic heterocycles. The smallest absolute Gasteiger partial charge is 0.289 e. The van der Waals surface area contributed by atoms with E-state index in [4.69, 9.17) is 8.94 Å². The number of hydrogen-bond acceptors (Lipinski definition) is 5. The van der Waals surface area contributed by atoms with Crippen molar-refractivity contribution in [3.63, 3.8) is 0 Å². The number of amides is 1. The Morgan fingerprint density at radius 2 is 2.00 bits per heavy atom. The van der Waals surface area contributed by atoms with E-state index in [0.717, 1.165) is 12.8 Å². The first-order chi connectivity index (χ1) is 15.0. The zero-order valence-corrected chi connectivity index (χ0v) is 16.8. The van der Waals surface area contributed by atoms with Gasteiger partial charge in [0.2, 0.25) is 11.7 Å². The summed E-state index contributed by atoms with van der Waals surface area (Å²) in [5.41, 5.74) is 1.63. The number of halogens is 2. The van der Waals surface area contributed by atoms with E-state index in [1.807, 2.05) is 0 Å². The maximum atomic E-state index is 13.6. The molecule has 5 rings (SSSR count). The van der Waals surface area contributed by atoms with E-state index in [-0.39, 0.29) is 29.2 Å². The molecule has 0 aliphatic carbocycles. The van der Waals surface area contributed by atoms with Gasteiger partial charge in [0.25, 0.3) is 5.91 Å². The summed E-state index contributed by atoms with van der Waals surface area (Å²) in [4.78, 5) is 19.3. The first kappa shape index (κ1) is 19.4. The predicted molar refractivity (Wildman–Crippen MR) is 108 cm³/mol. The average molecular weight is 423 g/mol. The highest BCUT2D eigenvalue weighted by Gasteiger charge is 2.31. The molecular formula is C23H19F2N3O3. The Labute approximate surface area is 176 Å². The summed E-state index contributed by atoms with van der Waals surface area (Å²) >= 11 is 0. The molecule has 1 fully saturated rings. The van der Waals surface area contributed by atoms with E-state index >= 15 is 0 Å². The lowest BCUT2D eigenvalue weighted by Gasteiger charge is -2.30. The normalized spacial score (nSPS) is 16.7. The van der Waals surface area contributed by atoms with Gasteiger partial charge >= 0.3 is 0 Å².